The van der Waals surface area contributed by atoms with Gasteiger partial charge >= 0.3 is 0 Å². The summed E-state index contributed by atoms with van der Waals surface area (Å²) in [6.45, 7) is 0. The van der Waals surface area contributed by atoms with Crippen molar-refractivity contribution in [2.45, 2.75) is 10.8 Å². The number of rotatable bonds is 4. The molecule has 104 valence electrons. The summed E-state index contributed by atoms with van der Waals surface area (Å²) in [6.07, 6.45) is 0.439. The van der Waals surface area contributed by atoms with Gasteiger partial charge in [0.25, 0.3) is 0 Å². The van der Waals surface area contributed by atoms with Gasteiger partial charge in [0.05, 0.1) is 30.8 Å². The van der Waals surface area contributed by atoms with Crippen molar-refractivity contribution >= 4 is 46.4 Å². The van der Waals surface area contributed by atoms with Gasteiger partial charge in [-0.15, -0.1) is 23.2 Å². The minimum atomic E-state index is -0.964. The van der Waals surface area contributed by atoms with Gasteiger partial charge in [0.2, 0.25) is 5.91 Å². The van der Waals surface area contributed by atoms with Crippen LogP contribution in [0.1, 0.15) is 6.42 Å². The summed E-state index contributed by atoms with van der Waals surface area (Å²) in [6, 6.07) is 3.16. The zero-order chi connectivity index (χ0) is 14.2. The minimum Gasteiger partial charge on any atom is -0.495 e. The Bertz CT molecular complexity index is 519. The van der Waals surface area contributed by atoms with Gasteiger partial charge in [0.1, 0.15) is 15.8 Å². The predicted octanol–water partition coefficient (Wildman–Crippen LogP) is 3.49. The Kier molecular flexibility index (Phi) is 4.04. The van der Waals surface area contributed by atoms with E-state index in [1.807, 2.05) is 0 Å². The van der Waals surface area contributed by atoms with Gasteiger partial charge < -0.3 is 14.8 Å². The standard InChI is InChI=1S/C12H12Cl3NO3/c1-18-9-4-8(10(19-2)3-7(9)13)16-11(17)6-5-12(6,14)15/h3-4,6H,5H2,1-2H3,(H,16,17). The Morgan fingerprint density at radius 1 is 1.32 bits per heavy atom. The third kappa shape index (κ3) is 3.02. The van der Waals surface area contributed by atoms with Gasteiger partial charge in [0, 0.05) is 12.1 Å². The summed E-state index contributed by atoms with van der Waals surface area (Å²) in [5, 5.41) is 3.11. The van der Waals surface area contributed by atoms with E-state index in [-0.39, 0.29) is 5.91 Å². The van der Waals surface area contributed by atoms with Gasteiger partial charge in [-0.3, -0.25) is 4.79 Å². The molecule has 1 aliphatic carbocycles. The zero-order valence-corrected chi connectivity index (χ0v) is 12.6. The molecule has 1 aromatic carbocycles. The lowest BCUT2D eigenvalue weighted by molar-refractivity contribution is -0.117. The van der Waals surface area contributed by atoms with Gasteiger partial charge in [0.15, 0.2) is 0 Å². The number of nitrogens with one attached hydrogen (secondary N) is 1. The summed E-state index contributed by atoms with van der Waals surface area (Å²) in [4.78, 5) is 11.9. The molecule has 4 nitrogen and oxygen atoms in total. The Morgan fingerprint density at radius 3 is 2.37 bits per heavy atom. The molecule has 1 amide bonds. The fraction of sp³-hybridized carbons (Fsp3) is 0.417. The van der Waals surface area contributed by atoms with Crippen LogP contribution >= 0.6 is 34.8 Å². The van der Waals surface area contributed by atoms with E-state index >= 15 is 0 Å². The fourth-order valence-corrected chi connectivity index (χ4v) is 2.41. The summed E-state index contributed by atoms with van der Waals surface area (Å²) in [7, 11) is 2.97. The lowest BCUT2D eigenvalue weighted by atomic mass is 10.2. The van der Waals surface area contributed by atoms with E-state index < -0.39 is 10.3 Å². The zero-order valence-electron chi connectivity index (χ0n) is 10.3. The summed E-state index contributed by atoms with van der Waals surface area (Å²) >= 11 is 17.7. The van der Waals surface area contributed by atoms with Crippen molar-refractivity contribution in [2.24, 2.45) is 5.92 Å². The lowest BCUT2D eigenvalue weighted by Gasteiger charge is -2.13. The van der Waals surface area contributed by atoms with Crippen LogP contribution in [0.5, 0.6) is 11.5 Å². The number of hydrogen-bond donors (Lipinski definition) is 1. The molecule has 0 heterocycles. The van der Waals surface area contributed by atoms with E-state index in [1.54, 1.807) is 12.1 Å². The maximum atomic E-state index is 11.9. The predicted molar refractivity (Wildman–Crippen MR) is 75.7 cm³/mol. The van der Waals surface area contributed by atoms with Crippen molar-refractivity contribution in [1.29, 1.82) is 0 Å². The fourth-order valence-electron chi connectivity index (χ4n) is 1.68. The number of methoxy groups -OCH3 is 2. The highest BCUT2D eigenvalue weighted by Gasteiger charge is 2.56. The Balaban J connectivity index is 2.21. The highest BCUT2D eigenvalue weighted by molar-refractivity contribution is 6.52. The van der Waals surface area contributed by atoms with Crippen LogP contribution in [0, 0.1) is 5.92 Å². The molecule has 19 heavy (non-hydrogen) atoms. The third-order valence-corrected chi connectivity index (χ3v) is 4.01. The number of benzene rings is 1. The van der Waals surface area contributed by atoms with E-state index in [4.69, 9.17) is 44.3 Å². The normalized spacial score (nSPS) is 19.7. The van der Waals surface area contributed by atoms with Crippen LogP contribution in [0.15, 0.2) is 12.1 Å². The van der Waals surface area contributed by atoms with E-state index in [0.29, 0.717) is 28.6 Å². The Hall–Kier alpha value is -0.840. The van der Waals surface area contributed by atoms with Crippen LogP contribution in [-0.4, -0.2) is 24.5 Å². The van der Waals surface area contributed by atoms with Gasteiger partial charge in [-0.1, -0.05) is 11.6 Å². The lowest BCUT2D eigenvalue weighted by Crippen LogP contribution is -2.17. The molecule has 0 aromatic heterocycles. The second-order valence-electron chi connectivity index (χ2n) is 4.19. The molecule has 0 spiro atoms. The number of anilines is 1. The van der Waals surface area contributed by atoms with Crippen LogP contribution < -0.4 is 14.8 Å². The average Bonchev–Trinajstić information content (AvgIpc) is 3.00. The van der Waals surface area contributed by atoms with Crippen molar-refractivity contribution < 1.29 is 14.3 Å². The topological polar surface area (TPSA) is 47.6 Å². The van der Waals surface area contributed by atoms with Crippen LogP contribution in [0.25, 0.3) is 0 Å². The molecule has 1 atom stereocenters. The van der Waals surface area contributed by atoms with Crippen molar-refractivity contribution in [1.82, 2.24) is 0 Å². The van der Waals surface area contributed by atoms with Gasteiger partial charge in [-0.25, -0.2) is 0 Å². The third-order valence-electron chi connectivity index (χ3n) is 2.87. The molecular weight excluding hydrogens is 312 g/mol. The first-order valence-electron chi connectivity index (χ1n) is 5.49. The smallest absolute Gasteiger partial charge is 0.230 e. The molecule has 1 N–H and O–H groups in total. The SMILES string of the molecule is COc1cc(NC(=O)C2CC2(Cl)Cl)c(OC)cc1Cl. The Morgan fingerprint density at radius 2 is 1.89 bits per heavy atom. The molecule has 1 aliphatic rings. The second-order valence-corrected chi connectivity index (χ2v) is 6.14. The van der Waals surface area contributed by atoms with E-state index in [9.17, 15) is 4.79 Å². The summed E-state index contributed by atoms with van der Waals surface area (Å²) in [5.41, 5.74) is 0.463. The van der Waals surface area contributed by atoms with Crippen LogP contribution in [-0.2, 0) is 4.79 Å². The largest absolute Gasteiger partial charge is 0.495 e. The number of carbonyl (C=O) groups is 1. The number of alkyl halides is 2. The summed E-state index contributed by atoms with van der Waals surface area (Å²) < 4.78 is 9.29. The van der Waals surface area contributed by atoms with Gasteiger partial charge in [-0.2, -0.15) is 0 Å². The van der Waals surface area contributed by atoms with Crippen LogP contribution in [0.4, 0.5) is 5.69 Å². The molecule has 0 bridgehead atoms. The van der Waals surface area contributed by atoms with E-state index in [2.05, 4.69) is 5.32 Å². The molecule has 0 aliphatic heterocycles. The first kappa shape index (κ1) is 14.6. The molecule has 1 aromatic rings. The number of amides is 1. The number of hydrogen-bond acceptors (Lipinski definition) is 3. The summed E-state index contributed by atoms with van der Waals surface area (Å²) in [5.74, 6) is 0.209. The Labute approximate surface area is 125 Å². The van der Waals surface area contributed by atoms with Gasteiger partial charge in [-0.05, 0) is 6.42 Å². The molecule has 7 heteroatoms. The molecule has 1 unspecified atom stereocenters. The van der Waals surface area contributed by atoms with Crippen molar-refractivity contribution in [3.8, 4) is 11.5 Å². The first-order chi connectivity index (χ1) is 8.89. The van der Waals surface area contributed by atoms with Crippen molar-refractivity contribution in [3.05, 3.63) is 17.2 Å². The molecule has 2 rings (SSSR count). The highest BCUT2D eigenvalue weighted by atomic mass is 35.5. The van der Waals surface area contributed by atoms with E-state index in [0.717, 1.165) is 0 Å². The first-order valence-corrected chi connectivity index (χ1v) is 6.62. The maximum absolute atomic E-state index is 11.9. The number of carbonyl (C=O) groups excluding carboxylic acids is 1. The number of halogens is 3. The van der Waals surface area contributed by atoms with E-state index in [1.165, 1.54) is 14.2 Å². The van der Waals surface area contributed by atoms with Crippen LogP contribution in [0.3, 0.4) is 0 Å². The second kappa shape index (κ2) is 5.27. The number of ether oxygens (including phenoxy) is 2. The van der Waals surface area contributed by atoms with Crippen LogP contribution in [0.2, 0.25) is 5.02 Å². The van der Waals surface area contributed by atoms with Crippen molar-refractivity contribution in [3.63, 3.8) is 0 Å². The molecule has 1 fully saturated rings. The average molecular weight is 325 g/mol. The van der Waals surface area contributed by atoms with Crippen molar-refractivity contribution in [2.75, 3.05) is 19.5 Å². The monoisotopic (exact) mass is 323 g/mol. The molecule has 1 saturated carbocycles. The quantitative estimate of drug-likeness (QED) is 0.862. The molecular formula is C12H12Cl3NO3. The minimum absolute atomic E-state index is 0.257. The molecule has 0 saturated heterocycles. The molecule has 0 radical (unpaired) electrons. The highest BCUT2D eigenvalue weighted by Crippen LogP contribution is 2.53. The maximum Gasteiger partial charge on any atom is 0.230 e.